The molecule has 1 amide bonds. The van der Waals surface area contributed by atoms with Gasteiger partial charge >= 0.3 is 0 Å². The van der Waals surface area contributed by atoms with E-state index in [0.717, 1.165) is 10.0 Å². The van der Waals surface area contributed by atoms with Crippen LogP contribution in [0.25, 0.3) is 0 Å². The lowest BCUT2D eigenvalue weighted by molar-refractivity contribution is -0.123. The first-order chi connectivity index (χ1) is 7.58. The Kier molecular flexibility index (Phi) is 3.52. The van der Waals surface area contributed by atoms with Gasteiger partial charge in [-0.3, -0.25) is 4.79 Å². The lowest BCUT2D eigenvalue weighted by Crippen LogP contribution is -2.45. The predicted molar refractivity (Wildman–Crippen MR) is 67.2 cm³/mol. The molecule has 3 N–H and O–H groups in total. The highest BCUT2D eigenvalue weighted by Gasteiger charge is 2.28. The second-order valence-electron chi connectivity index (χ2n) is 3.91. The Labute approximate surface area is 107 Å². The Bertz CT molecular complexity index is 424. The van der Waals surface area contributed by atoms with Crippen molar-refractivity contribution >= 4 is 33.4 Å². The molecular formula is C11H12BrClN2O. The minimum Gasteiger partial charge on any atom is -0.348 e. The van der Waals surface area contributed by atoms with Gasteiger partial charge in [0.25, 0.3) is 0 Å². The van der Waals surface area contributed by atoms with Crippen LogP contribution in [-0.2, 0) is 4.79 Å². The van der Waals surface area contributed by atoms with Crippen LogP contribution < -0.4 is 11.1 Å². The van der Waals surface area contributed by atoms with Crippen molar-refractivity contribution in [3.63, 3.8) is 0 Å². The summed E-state index contributed by atoms with van der Waals surface area (Å²) in [5.74, 6) is 0.0303. The van der Waals surface area contributed by atoms with Crippen LogP contribution in [-0.4, -0.2) is 11.9 Å². The van der Waals surface area contributed by atoms with Crippen molar-refractivity contribution in [1.29, 1.82) is 0 Å². The Morgan fingerprint density at radius 1 is 1.50 bits per heavy atom. The van der Waals surface area contributed by atoms with Crippen molar-refractivity contribution in [2.75, 3.05) is 0 Å². The summed E-state index contributed by atoms with van der Waals surface area (Å²) in [4.78, 5) is 11.4. The van der Waals surface area contributed by atoms with Crippen molar-refractivity contribution < 1.29 is 4.79 Å². The molecule has 5 heteroatoms. The zero-order valence-corrected chi connectivity index (χ0v) is 10.9. The Morgan fingerprint density at radius 3 is 3.00 bits per heavy atom. The molecule has 0 aliphatic carbocycles. The van der Waals surface area contributed by atoms with E-state index in [0.29, 0.717) is 17.9 Å². The average Bonchev–Trinajstić information content (AvgIpc) is 2.25. The van der Waals surface area contributed by atoms with Crippen molar-refractivity contribution in [2.45, 2.75) is 24.9 Å². The molecule has 0 spiro atoms. The third-order valence-electron chi connectivity index (χ3n) is 2.74. The lowest BCUT2D eigenvalue weighted by Gasteiger charge is -2.30. The zero-order valence-electron chi connectivity index (χ0n) is 8.54. The zero-order chi connectivity index (χ0) is 11.7. The monoisotopic (exact) mass is 302 g/mol. The Balaban J connectivity index is 2.34. The number of benzene rings is 1. The van der Waals surface area contributed by atoms with E-state index >= 15 is 0 Å². The van der Waals surface area contributed by atoms with Crippen molar-refractivity contribution in [2.24, 2.45) is 5.73 Å². The number of nitrogens with two attached hydrogens (primary N) is 1. The van der Waals surface area contributed by atoms with Gasteiger partial charge in [0.15, 0.2) is 0 Å². The molecule has 86 valence electrons. The minimum atomic E-state index is -0.189. The smallest absolute Gasteiger partial charge is 0.220 e. The average molecular weight is 304 g/mol. The fraction of sp³-hybridized carbons (Fsp3) is 0.364. The van der Waals surface area contributed by atoms with E-state index < -0.39 is 0 Å². The SMILES string of the molecule is NC1CCC(=O)NC1c1cc(Br)ccc1Cl. The minimum absolute atomic E-state index is 0.0303. The largest absolute Gasteiger partial charge is 0.348 e. The maximum Gasteiger partial charge on any atom is 0.220 e. The summed E-state index contributed by atoms with van der Waals surface area (Å²) in [6.45, 7) is 0. The van der Waals surface area contributed by atoms with Crippen molar-refractivity contribution in [3.8, 4) is 0 Å². The number of carbonyl (C=O) groups excluding carboxylic acids is 1. The number of piperidine rings is 1. The quantitative estimate of drug-likeness (QED) is 0.837. The standard InChI is InChI=1S/C11H12BrClN2O/c12-6-1-2-8(13)7(5-6)11-9(14)3-4-10(16)15-11/h1-2,5,9,11H,3-4,14H2,(H,15,16). The molecule has 0 radical (unpaired) electrons. The highest BCUT2D eigenvalue weighted by molar-refractivity contribution is 9.10. The van der Waals surface area contributed by atoms with Crippen LogP contribution in [0.2, 0.25) is 5.02 Å². The highest BCUT2D eigenvalue weighted by Crippen LogP contribution is 2.30. The van der Waals surface area contributed by atoms with E-state index in [1.54, 1.807) is 6.07 Å². The maximum absolute atomic E-state index is 11.4. The summed E-state index contributed by atoms with van der Waals surface area (Å²) in [6.07, 6.45) is 1.18. The second-order valence-corrected chi connectivity index (χ2v) is 5.24. The van der Waals surface area contributed by atoms with Crippen LogP contribution in [0, 0.1) is 0 Å². The van der Waals surface area contributed by atoms with Gasteiger partial charge < -0.3 is 11.1 Å². The molecule has 0 saturated carbocycles. The molecule has 2 rings (SSSR count). The molecule has 0 bridgehead atoms. The lowest BCUT2D eigenvalue weighted by atomic mass is 9.93. The molecule has 1 aromatic rings. The fourth-order valence-electron chi connectivity index (χ4n) is 1.88. The molecular weight excluding hydrogens is 291 g/mol. The molecule has 2 unspecified atom stereocenters. The summed E-state index contributed by atoms with van der Waals surface area (Å²) in [7, 11) is 0. The molecule has 1 aliphatic rings. The molecule has 1 fully saturated rings. The van der Waals surface area contributed by atoms with Crippen LogP contribution >= 0.6 is 27.5 Å². The summed E-state index contributed by atoms with van der Waals surface area (Å²) in [5.41, 5.74) is 6.88. The predicted octanol–water partition coefficient (Wildman–Crippen LogP) is 2.38. The van der Waals surface area contributed by atoms with Crippen LogP contribution in [0.15, 0.2) is 22.7 Å². The molecule has 3 nitrogen and oxygen atoms in total. The summed E-state index contributed by atoms with van der Waals surface area (Å²) < 4.78 is 0.930. The molecule has 1 saturated heterocycles. The van der Waals surface area contributed by atoms with E-state index in [-0.39, 0.29) is 18.0 Å². The molecule has 16 heavy (non-hydrogen) atoms. The Hall–Kier alpha value is -0.580. The van der Waals surface area contributed by atoms with Gasteiger partial charge in [-0.05, 0) is 30.2 Å². The van der Waals surface area contributed by atoms with Crippen molar-refractivity contribution in [3.05, 3.63) is 33.3 Å². The summed E-state index contributed by atoms with van der Waals surface area (Å²) in [6, 6.07) is 5.30. The highest BCUT2D eigenvalue weighted by atomic mass is 79.9. The number of hydrogen-bond donors (Lipinski definition) is 2. The van der Waals surface area contributed by atoms with Gasteiger partial charge in [-0.2, -0.15) is 0 Å². The van der Waals surface area contributed by atoms with E-state index in [2.05, 4.69) is 21.2 Å². The third-order valence-corrected chi connectivity index (χ3v) is 3.58. The number of nitrogens with one attached hydrogen (secondary N) is 1. The number of halogens is 2. The summed E-state index contributed by atoms with van der Waals surface area (Å²) in [5, 5.41) is 3.51. The van der Waals surface area contributed by atoms with Gasteiger partial charge in [-0.15, -0.1) is 0 Å². The fourth-order valence-corrected chi connectivity index (χ4v) is 2.49. The molecule has 2 atom stereocenters. The number of rotatable bonds is 1. The van der Waals surface area contributed by atoms with Crippen LogP contribution in [0.3, 0.4) is 0 Å². The third kappa shape index (κ3) is 2.39. The number of hydrogen-bond acceptors (Lipinski definition) is 2. The maximum atomic E-state index is 11.4. The molecule has 1 aliphatic heterocycles. The van der Waals surface area contributed by atoms with E-state index in [9.17, 15) is 4.79 Å². The van der Waals surface area contributed by atoms with E-state index in [4.69, 9.17) is 17.3 Å². The topological polar surface area (TPSA) is 55.1 Å². The first kappa shape index (κ1) is 11.9. The number of amides is 1. The molecule has 1 aromatic carbocycles. The van der Waals surface area contributed by atoms with Gasteiger partial charge in [0.05, 0.1) is 6.04 Å². The summed E-state index contributed by atoms with van der Waals surface area (Å²) >= 11 is 9.50. The van der Waals surface area contributed by atoms with Crippen molar-refractivity contribution in [1.82, 2.24) is 5.32 Å². The van der Waals surface area contributed by atoms with Gasteiger partial charge in [0, 0.05) is 22.0 Å². The Morgan fingerprint density at radius 2 is 2.25 bits per heavy atom. The van der Waals surface area contributed by atoms with Gasteiger partial charge in [0.2, 0.25) is 5.91 Å². The van der Waals surface area contributed by atoms with E-state index in [1.807, 2.05) is 12.1 Å². The first-order valence-electron chi connectivity index (χ1n) is 5.08. The number of carbonyl (C=O) groups is 1. The van der Waals surface area contributed by atoms with Crippen LogP contribution in [0.4, 0.5) is 0 Å². The van der Waals surface area contributed by atoms with Gasteiger partial charge in [-0.25, -0.2) is 0 Å². The van der Waals surface area contributed by atoms with Gasteiger partial charge in [0.1, 0.15) is 0 Å². The molecule has 1 heterocycles. The second kappa shape index (κ2) is 4.73. The van der Waals surface area contributed by atoms with Gasteiger partial charge in [-0.1, -0.05) is 27.5 Å². The first-order valence-corrected chi connectivity index (χ1v) is 6.25. The van der Waals surface area contributed by atoms with Crippen LogP contribution in [0.1, 0.15) is 24.4 Å². The van der Waals surface area contributed by atoms with E-state index in [1.165, 1.54) is 0 Å². The molecule has 0 aromatic heterocycles. The van der Waals surface area contributed by atoms with Crippen LogP contribution in [0.5, 0.6) is 0 Å². The normalized spacial score (nSPS) is 25.3.